The summed E-state index contributed by atoms with van der Waals surface area (Å²) in [6.07, 6.45) is 8.98. The lowest BCUT2D eigenvalue weighted by molar-refractivity contribution is 0.526. The summed E-state index contributed by atoms with van der Waals surface area (Å²) in [6, 6.07) is 0.494. The second-order valence-electron chi connectivity index (χ2n) is 5.87. The number of nitrogens with zero attached hydrogens (tertiary/aromatic N) is 2. The van der Waals surface area contributed by atoms with E-state index in [1.54, 1.807) is 6.33 Å². The first-order valence-corrected chi connectivity index (χ1v) is 7.26. The highest BCUT2D eigenvalue weighted by Crippen LogP contribution is 2.25. The van der Waals surface area contributed by atoms with Gasteiger partial charge in [0.15, 0.2) is 0 Å². The van der Waals surface area contributed by atoms with Crippen LogP contribution in [-0.2, 0) is 12.8 Å². The van der Waals surface area contributed by atoms with Gasteiger partial charge in [0, 0.05) is 17.3 Å². The zero-order chi connectivity index (χ0) is 13.0. The van der Waals surface area contributed by atoms with E-state index >= 15 is 0 Å². The predicted molar refractivity (Wildman–Crippen MR) is 75.8 cm³/mol. The molecule has 100 valence electrons. The van der Waals surface area contributed by atoms with Crippen LogP contribution in [0.4, 0.5) is 5.82 Å². The average Bonchev–Trinajstić information content (AvgIpc) is 2.37. The van der Waals surface area contributed by atoms with Crippen LogP contribution in [0.1, 0.15) is 57.7 Å². The van der Waals surface area contributed by atoms with Crippen LogP contribution >= 0.6 is 0 Å². The third kappa shape index (κ3) is 3.44. The van der Waals surface area contributed by atoms with Crippen LogP contribution in [-0.4, -0.2) is 16.0 Å². The molecule has 1 aromatic heterocycles. The molecule has 1 aromatic rings. The number of fused-ring (bicyclic) bond motifs is 1. The van der Waals surface area contributed by atoms with Gasteiger partial charge in [-0.15, -0.1) is 0 Å². The van der Waals surface area contributed by atoms with E-state index in [9.17, 15) is 0 Å². The lowest BCUT2D eigenvalue weighted by Crippen LogP contribution is -2.20. The van der Waals surface area contributed by atoms with Crippen molar-refractivity contribution >= 4 is 5.82 Å². The van der Waals surface area contributed by atoms with Crippen LogP contribution in [0.15, 0.2) is 6.33 Å². The van der Waals surface area contributed by atoms with Gasteiger partial charge in [0.05, 0.1) is 0 Å². The minimum atomic E-state index is 0.494. The second kappa shape index (κ2) is 6.17. The Kier molecular flexibility index (Phi) is 4.56. The molecule has 0 aliphatic heterocycles. The summed E-state index contributed by atoms with van der Waals surface area (Å²) in [5.74, 6) is 1.85. The molecule has 0 aromatic carbocycles. The van der Waals surface area contributed by atoms with Crippen LogP contribution < -0.4 is 5.32 Å². The molecule has 0 amide bonds. The van der Waals surface area contributed by atoms with Crippen molar-refractivity contribution in [2.45, 2.75) is 65.3 Å². The van der Waals surface area contributed by atoms with Crippen molar-refractivity contribution in [3.63, 3.8) is 0 Å². The van der Waals surface area contributed by atoms with E-state index in [-0.39, 0.29) is 0 Å². The van der Waals surface area contributed by atoms with Gasteiger partial charge in [-0.2, -0.15) is 0 Å². The summed E-state index contributed by atoms with van der Waals surface area (Å²) in [5, 5.41) is 3.57. The Bertz CT molecular complexity index is 387. The van der Waals surface area contributed by atoms with Crippen molar-refractivity contribution in [2.24, 2.45) is 5.92 Å². The van der Waals surface area contributed by atoms with Gasteiger partial charge >= 0.3 is 0 Å². The molecule has 0 fully saturated rings. The van der Waals surface area contributed by atoms with Crippen LogP contribution in [0.2, 0.25) is 0 Å². The summed E-state index contributed by atoms with van der Waals surface area (Å²) in [6.45, 7) is 6.80. The van der Waals surface area contributed by atoms with E-state index in [0.717, 1.165) is 24.6 Å². The van der Waals surface area contributed by atoms with Crippen molar-refractivity contribution in [2.75, 3.05) is 5.32 Å². The molecule has 3 heteroatoms. The normalized spacial score (nSPS) is 16.4. The molecule has 2 rings (SSSR count). The minimum absolute atomic E-state index is 0.494. The van der Waals surface area contributed by atoms with Crippen LogP contribution in [0.25, 0.3) is 0 Å². The summed E-state index contributed by atoms with van der Waals surface area (Å²) in [7, 11) is 0. The number of hydrogen-bond acceptors (Lipinski definition) is 3. The molecule has 18 heavy (non-hydrogen) atoms. The lowest BCUT2D eigenvalue weighted by Gasteiger charge is -2.21. The van der Waals surface area contributed by atoms with E-state index in [0.29, 0.717) is 6.04 Å². The van der Waals surface area contributed by atoms with Gasteiger partial charge in [-0.25, -0.2) is 9.97 Å². The number of anilines is 1. The predicted octanol–water partition coefficient (Wildman–Crippen LogP) is 3.59. The highest BCUT2D eigenvalue weighted by atomic mass is 15.0. The maximum atomic E-state index is 4.44. The maximum Gasteiger partial charge on any atom is 0.133 e. The summed E-state index contributed by atoms with van der Waals surface area (Å²) in [5.41, 5.74) is 2.62. The van der Waals surface area contributed by atoms with E-state index in [1.807, 2.05) is 0 Å². The van der Waals surface area contributed by atoms with Gasteiger partial charge in [0.25, 0.3) is 0 Å². The Hall–Kier alpha value is -1.12. The number of aromatic nitrogens is 2. The topological polar surface area (TPSA) is 37.8 Å². The summed E-state index contributed by atoms with van der Waals surface area (Å²) in [4.78, 5) is 8.85. The molecule has 1 heterocycles. The van der Waals surface area contributed by atoms with Gasteiger partial charge < -0.3 is 5.32 Å². The van der Waals surface area contributed by atoms with Crippen molar-refractivity contribution in [1.29, 1.82) is 0 Å². The fraction of sp³-hybridized carbons (Fsp3) is 0.733. The van der Waals surface area contributed by atoms with Crippen LogP contribution in [0, 0.1) is 5.92 Å². The Morgan fingerprint density at radius 2 is 1.89 bits per heavy atom. The molecule has 1 aliphatic carbocycles. The molecule has 1 N–H and O–H groups in total. The average molecular weight is 247 g/mol. The first-order chi connectivity index (χ1) is 8.66. The second-order valence-corrected chi connectivity index (χ2v) is 5.87. The Morgan fingerprint density at radius 1 is 1.11 bits per heavy atom. The molecular weight excluding hydrogens is 222 g/mol. The van der Waals surface area contributed by atoms with Crippen molar-refractivity contribution in [1.82, 2.24) is 9.97 Å². The monoisotopic (exact) mass is 247 g/mol. The lowest BCUT2D eigenvalue weighted by atomic mass is 9.96. The smallest absolute Gasteiger partial charge is 0.133 e. The molecule has 0 spiro atoms. The highest BCUT2D eigenvalue weighted by Gasteiger charge is 2.16. The first kappa shape index (κ1) is 13.3. The third-order valence-electron chi connectivity index (χ3n) is 3.69. The first-order valence-electron chi connectivity index (χ1n) is 7.26. The van der Waals surface area contributed by atoms with E-state index < -0.39 is 0 Å². The zero-order valence-corrected chi connectivity index (χ0v) is 11.9. The minimum Gasteiger partial charge on any atom is -0.367 e. The van der Waals surface area contributed by atoms with Gasteiger partial charge in [-0.05, 0) is 51.4 Å². The molecule has 1 aliphatic rings. The van der Waals surface area contributed by atoms with Crippen LogP contribution in [0.5, 0.6) is 0 Å². The molecular formula is C15H25N3. The molecule has 0 saturated carbocycles. The fourth-order valence-electron chi connectivity index (χ4n) is 2.53. The standard InChI is InChI=1S/C15H25N3/c1-11(2)8-9-12(3)18-15-13-6-4-5-7-14(13)16-10-17-15/h10-12H,4-9H2,1-3H3,(H,16,17,18). The van der Waals surface area contributed by atoms with E-state index in [2.05, 4.69) is 36.1 Å². The molecule has 3 nitrogen and oxygen atoms in total. The number of rotatable bonds is 5. The zero-order valence-electron chi connectivity index (χ0n) is 11.9. The van der Waals surface area contributed by atoms with Crippen molar-refractivity contribution < 1.29 is 0 Å². The summed E-state index contributed by atoms with van der Waals surface area (Å²) < 4.78 is 0. The Balaban J connectivity index is 2.00. The maximum absolute atomic E-state index is 4.44. The van der Waals surface area contributed by atoms with Gasteiger partial charge in [0.2, 0.25) is 0 Å². The third-order valence-corrected chi connectivity index (χ3v) is 3.69. The quantitative estimate of drug-likeness (QED) is 0.864. The number of aryl methyl sites for hydroxylation is 1. The molecule has 0 bridgehead atoms. The largest absolute Gasteiger partial charge is 0.367 e. The molecule has 0 radical (unpaired) electrons. The van der Waals surface area contributed by atoms with E-state index in [4.69, 9.17) is 0 Å². The fourth-order valence-corrected chi connectivity index (χ4v) is 2.53. The van der Waals surface area contributed by atoms with Gasteiger partial charge in [-0.3, -0.25) is 0 Å². The van der Waals surface area contributed by atoms with Crippen molar-refractivity contribution in [3.8, 4) is 0 Å². The molecule has 0 saturated heterocycles. The van der Waals surface area contributed by atoms with Gasteiger partial charge in [-0.1, -0.05) is 13.8 Å². The van der Waals surface area contributed by atoms with Crippen molar-refractivity contribution in [3.05, 3.63) is 17.6 Å². The van der Waals surface area contributed by atoms with Crippen LogP contribution in [0.3, 0.4) is 0 Å². The molecule has 1 atom stereocenters. The summed E-state index contributed by atoms with van der Waals surface area (Å²) >= 11 is 0. The van der Waals surface area contributed by atoms with E-state index in [1.165, 1.54) is 36.9 Å². The number of hydrogen-bond donors (Lipinski definition) is 1. The van der Waals surface area contributed by atoms with Gasteiger partial charge in [0.1, 0.15) is 12.1 Å². The highest BCUT2D eigenvalue weighted by molar-refractivity contribution is 5.47. The Morgan fingerprint density at radius 3 is 2.67 bits per heavy atom. The number of nitrogens with one attached hydrogen (secondary N) is 1. The SMILES string of the molecule is CC(C)CCC(C)Nc1ncnc2c1CCCC2. The molecule has 1 unspecified atom stereocenters. The Labute approximate surface area is 110 Å².